The Kier molecular flexibility index (Phi) is 2.24. The van der Waals surface area contributed by atoms with Gasteiger partial charge in [-0.1, -0.05) is 0 Å². The average molecular weight is 231 g/mol. The van der Waals surface area contributed by atoms with Gasteiger partial charge in [-0.2, -0.15) is 0 Å². The number of nitrogens with zero attached hydrogens (tertiary/aromatic N) is 1. The van der Waals surface area contributed by atoms with Gasteiger partial charge in [-0.15, -0.1) is 0 Å². The quantitative estimate of drug-likeness (QED) is 0.786. The number of hydrogen-bond donors (Lipinski definition) is 2. The molecular formula is C13H17N3O. The zero-order valence-electron chi connectivity index (χ0n) is 10.2. The van der Waals surface area contributed by atoms with Crippen LogP contribution in [0.2, 0.25) is 0 Å². The number of rotatable bonds is 1. The molecule has 90 valence electrons. The van der Waals surface area contributed by atoms with Crippen LogP contribution in [0.4, 0.5) is 0 Å². The van der Waals surface area contributed by atoms with Gasteiger partial charge in [0.2, 0.25) is 0 Å². The largest absolute Gasteiger partial charge is 0.379 e. The van der Waals surface area contributed by atoms with E-state index in [0.29, 0.717) is 13.2 Å². The van der Waals surface area contributed by atoms with E-state index in [1.54, 1.807) is 0 Å². The lowest BCUT2D eigenvalue weighted by Gasteiger charge is -2.17. The van der Waals surface area contributed by atoms with Crippen LogP contribution in [0.1, 0.15) is 23.4 Å². The van der Waals surface area contributed by atoms with E-state index in [1.165, 1.54) is 11.1 Å². The van der Waals surface area contributed by atoms with Gasteiger partial charge in [0, 0.05) is 6.61 Å². The lowest BCUT2D eigenvalue weighted by molar-refractivity contribution is 0.176. The standard InChI is InChI=1S/C13H17N3O/c1-8-5-10-11(6-9(8)2)16-12(15-10)13(14)3-4-17-7-13/h5-6H,3-4,7,14H2,1-2H3,(H,15,16). The Labute approximate surface area is 100 Å². The summed E-state index contributed by atoms with van der Waals surface area (Å²) in [7, 11) is 0. The van der Waals surface area contributed by atoms with Gasteiger partial charge in [-0.25, -0.2) is 4.98 Å². The minimum Gasteiger partial charge on any atom is -0.379 e. The van der Waals surface area contributed by atoms with Crippen molar-refractivity contribution in [2.75, 3.05) is 13.2 Å². The van der Waals surface area contributed by atoms with E-state index < -0.39 is 5.54 Å². The molecule has 1 fully saturated rings. The van der Waals surface area contributed by atoms with Crippen LogP contribution in [-0.4, -0.2) is 23.2 Å². The van der Waals surface area contributed by atoms with Crippen molar-refractivity contribution < 1.29 is 4.74 Å². The van der Waals surface area contributed by atoms with Crippen molar-refractivity contribution in [3.8, 4) is 0 Å². The molecule has 3 N–H and O–H groups in total. The molecular weight excluding hydrogens is 214 g/mol. The second kappa shape index (κ2) is 3.55. The number of hydrogen-bond acceptors (Lipinski definition) is 3. The summed E-state index contributed by atoms with van der Waals surface area (Å²) in [4.78, 5) is 7.94. The normalized spacial score (nSPS) is 24.6. The molecule has 0 amide bonds. The number of nitrogens with two attached hydrogens (primary N) is 1. The van der Waals surface area contributed by atoms with Crippen LogP contribution in [0, 0.1) is 13.8 Å². The van der Waals surface area contributed by atoms with Crippen LogP contribution < -0.4 is 5.73 Å². The van der Waals surface area contributed by atoms with Crippen LogP contribution in [0.3, 0.4) is 0 Å². The zero-order valence-corrected chi connectivity index (χ0v) is 10.2. The smallest absolute Gasteiger partial charge is 0.129 e. The van der Waals surface area contributed by atoms with E-state index in [2.05, 4.69) is 35.9 Å². The molecule has 1 aromatic carbocycles. The van der Waals surface area contributed by atoms with Gasteiger partial charge in [0.05, 0.1) is 17.6 Å². The first kappa shape index (κ1) is 10.7. The van der Waals surface area contributed by atoms with Gasteiger partial charge >= 0.3 is 0 Å². The minimum atomic E-state index is -0.444. The van der Waals surface area contributed by atoms with Crippen LogP contribution >= 0.6 is 0 Å². The summed E-state index contributed by atoms with van der Waals surface area (Å²) in [6.45, 7) is 5.46. The first-order chi connectivity index (χ1) is 8.08. The van der Waals surface area contributed by atoms with Crippen LogP contribution in [0.15, 0.2) is 12.1 Å². The van der Waals surface area contributed by atoms with E-state index in [1.807, 2.05) is 0 Å². The molecule has 1 aromatic heterocycles. The van der Waals surface area contributed by atoms with Gasteiger partial charge in [-0.05, 0) is 43.5 Å². The molecule has 4 nitrogen and oxygen atoms in total. The predicted octanol–water partition coefficient (Wildman–Crippen LogP) is 1.75. The minimum absolute atomic E-state index is 0.444. The van der Waals surface area contributed by atoms with Gasteiger partial charge in [0.1, 0.15) is 11.4 Å². The number of aromatic amines is 1. The molecule has 1 atom stereocenters. The number of ether oxygens (including phenoxy) is 1. The topological polar surface area (TPSA) is 63.9 Å². The molecule has 0 saturated carbocycles. The average Bonchev–Trinajstić information content (AvgIpc) is 2.87. The van der Waals surface area contributed by atoms with E-state index in [9.17, 15) is 0 Å². The maximum atomic E-state index is 6.30. The summed E-state index contributed by atoms with van der Waals surface area (Å²) in [5.41, 5.74) is 10.4. The van der Waals surface area contributed by atoms with E-state index in [-0.39, 0.29) is 0 Å². The Morgan fingerprint density at radius 3 is 2.82 bits per heavy atom. The summed E-state index contributed by atoms with van der Waals surface area (Å²) in [6, 6.07) is 4.23. The van der Waals surface area contributed by atoms with E-state index in [4.69, 9.17) is 10.5 Å². The second-order valence-electron chi connectivity index (χ2n) is 5.00. The monoisotopic (exact) mass is 231 g/mol. The zero-order chi connectivity index (χ0) is 12.0. The third-order valence-electron chi connectivity index (χ3n) is 3.62. The number of H-pyrrole nitrogens is 1. The van der Waals surface area contributed by atoms with Crippen LogP contribution in [0.25, 0.3) is 11.0 Å². The first-order valence-corrected chi connectivity index (χ1v) is 5.93. The Bertz CT molecular complexity index is 528. The van der Waals surface area contributed by atoms with Crippen molar-refractivity contribution in [1.29, 1.82) is 0 Å². The van der Waals surface area contributed by atoms with Gasteiger partial charge in [-0.3, -0.25) is 0 Å². The van der Waals surface area contributed by atoms with E-state index >= 15 is 0 Å². The number of fused-ring (bicyclic) bond motifs is 1. The van der Waals surface area contributed by atoms with Gasteiger partial charge in [0.25, 0.3) is 0 Å². The maximum Gasteiger partial charge on any atom is 0.129 e. The molecule has 3 rings (SSSR count). The van der Waals surface area contributed by atoms with Crippen molar-refractivity contribution in [1.82, 2.24) is 9.97 Å². The van der Waals surface area contributed by atoms with Crippen molar-refractivity contribution in [2.24, 2.45) is 5.73 Å². The van der Waals surface area contributed by atoms with Crippen LogP contribution in [0.5, 0.6) is 0 Å². The fourth-order valence-corrected chi connectivity index (χ4v) is 2.27. The summed E-state index contributed by atoms with van der Waals surface area (Å²) >= 11 is 0. The fraction of sp³-hybridized carbons (Fsp3) is 0.462. The highest BCUT2D eigenvalue weighted by Crippen LogP contribution is 2.28. The third kappa shape index (κ3) is 1.64. The molecule has 1 unspecified atom stereocenters. The maximum absolute atomic E-state index is 6.30. The fourth-order valence-electron chi connectivity index (χ4n) is 2.27. The first-order valence-electron chi connectivity index (χ1n) is 5.93. The molecule has 1 aliphatic heterocycles. The molecule has 0 bridgehead atoms. The number of aryl methyl sites for hydroxylation is 2. The van der Waals surface area contributed by atoms with Crippen molar-refractivity contribution in [3.63, 3.8) is 0 Å². The number of imidazole rings is 1. The lowest BCUT2D eigenvalue weighted by Crippen LogP contribution is -2.38. The highest BCUT2D eigenvalue weighted by molar-refractivity contribution is 5.77. The SMILES string of the molecule is Cc1cc2nc(C3(N)CCOC3)[nH]c2cc1C. The van der Waals surface area contributed by atoms with Gasteiger partial charge in [0.15, 0.2) is 0 Å². The molecule has 1 saturated heterocycles. The Balaban J connectivity index is 2.13. The lowest BCUT2D eigenvalue weighted by atomic mass is 10.00. The summed E-state index contributed by atoms with van der Waals surface area (Å²) in [6.07, 6.45) is 0.824. The Morgan fingerprint density at radius 1 is 1.35 bits per heavy atom. The third-order valence-corrected chi connectivity index (χ3v) is 3.62. The molecule has 2 aromatic rings. The highest BCUT2D eigenvalue weighted by atomic mass is 16.5. The Hall–Kier alpha value is -1.39. The summed E-state index contributed by atoms with van der Waals surface area (Å²) in [5.74, 6) is 0.843. The van der Waals surface area contributed by atoms with Crippen molar-refractivity contribution in [3.05, 3.63) is 29.1 Å². The molecule has 0 radical (unpaired) electrons. The predicted molar refractivity (Wildman–Crippen MR) is 66.9 cm³/mol. The molecule has 1 aliphatic rings. The number of benzene rings is 1. The van der Waals surface area contributed by atoms with Gasteiger partial charge < -0.3 is 15.5 Å². The highest BCUT2D eigenvalue weighted by Gasteiger charge is 2.35. The van der Waals surface area contributed by atoms with Crippen molar-refractivity contribution >= 4 is 11.0 Å². The number of aromatic nitrogens is 2. The van der Waals surface area contributed by atoms with E-state index in [0.717, 1.165) is 23.3 Å². The molecule has 0 aliphatic carbocycles. The molecule has 4 heteroatoms. The summed E-state index contributed by atoms with van der Waals surface area (Å²) in [5, 5.41) is 0. The Morgan fingerprint density at radius 2 is 2.12 bits per heavy atom. The molecule has 0 spiro atoms. The number of nitrogens with one attached hydrogen (secondary N) is 1. The summed E-state index contributed by atoms with van der Waals surface area (Å²) < 4.78 is 5.37. The van der Waals surface area contributed by atoms with Crippen molar-refractivity contribution in [2.45, 2.75) is 25.8 Å². The second-order valence-corrected chi connectivity index (χ2v) is 5.00. The molecule has 17 heavy (non-hydrogen) atoms. The van der Waals surface area contributed by atoms with Crippen LogP contribution in [-0.2, 0) is 10.3 Å². The molecule has 2 heterocycles.